The monoisotopic (exact) mass is 344 g/mol. The summed E-state index contributed by atoms with van der Waals surface area (Å²) in [5.41, 5.74) is 2.13. The molecule has 0 saturated carbocycles. The van der Waals surface area contributed by atoms with E-state index in [1.165, 1.54) is 0 Å². The molecular formula is C15H18Cl2N2OS. The van der Waals surface area contributed by atoms with Gasteiger partial charge in [0, 0.05) is 18.0 Å². The summed E-state index contributed by atoms with van der Waals surface area (Å²) in [6.45, 7) is 0.669. The Morgan fingerprint density at radius 1 is 1.24 bits per heavy atom. The van der Waals surface area contributed by atoms with E-state index in [0.717, 1.165) is 11.1 Å². The lowest BCUT2D eigenvalue weighted by Gasteiger charge is -2.18. The normalized spacial score (nSPS) is 11.5. The minimum absolute atomic E-state index is 0. The predicted molar refractivity (Wildman–Crippen MR) is 91.5 cm³/mol. The average Bonchev–Trinajstić information content (AvgIpc) is 2.97. The molecule has 1 heterocycles. The maximum atomic E-state index is 12.0. The molecule has 2 aromatic rings. The van der Waals surface area contributed by atoms with Crippen molar-refractivity contribution < 1.29 is 4.79 Å². The fraction of sp³-hybridized carbons (Fsp3) is 0.267. The second-order valence-electron chi connectivity index (χ2n) is 4.46. The maximum Gasteiger partial charge on any atom is 0.222 e. The SMILES string of the molecule is CNCCC(=O)NC(c1ccc(Cl)cc1)c1ccsc1.Cl. The molecule has 2 N–H and O–H groups in total. The number of amides is 1. The summed E-state index contributed by atoms with van der Waals surface area (Å²) in [7, 11) is 1.84. The Bertz CT molecular complexity index is 543. The molecule has 3 nitrogen and oxygen atoms in total. The highest BCUT2D eigenvalue weighted by Crippen LogP contribution is 2.25. The van der Waals surface area contributed by atoms with E-state index in [4.69, 9.17) is 11.6 Å². The molecule has 1 amide bonds. The number of thiophene rings is 1. The number of carbonyl (C=O) groups is 1. The second kappa shape index (κ2) is 9.05. The third-order valence-corrected chi connectivity index (χ3v) is 3.94. The smallest absolute Gasteiger partial charge is 0.222 e. The van der Waals surface area contributed by atoms with Crippen LogP contribution in [-0.2, 0) is 4.79 Å². The zero-order valence-electron chi connectivity index (χ0n) is 11.6. The van der Waals surface area contributed by atoms with Gasteiger partial charge in [0.1, 0.15) is 0 Å². The molecule has 0 spiro atoms. The van der Waals surface area contributed by atoms with Gasteiger partial charge in [-0.15, -0.1) is 12.4 Å². The molecule has 0 radical (unpaired) electrons. The van der Waals surface area contributed by atoms with Gasteiger partial charge in [-0.3, -0.25) is 4.79 Å². The standard InChI is InChI=1S/C15H17ClN2OS.ClH/c1-17-8-6-14(19)18-15(12-7-9-20-10-12)11-2-4-13(16)5-3-11;/h2-5,7,9-10,15,17H,6,8H2,1H3,(H,18,19);1H. The summed E-state index contributed by atoms with van der Waals surface area (Å²) >= 11 is 7.54. The third kappa shape index (κ3) is 5.32. The summed E-state index contributed by atoms with van der Waals surface area (Å²) in [4.78, 5) is 12.0. The average molecular weight is 345 g/mol. The van der Waals surface area contributed by atoms with E-state index in [-0.39, 0.29) is 24.4 Å². The number of benzene rings is 1. The van der Waals surface area contributed by atoms with Crippen molar-refractivity contribution in [3.63, 3.8) is 0 Å². The van der Waals surface area contributed by atoms with Crippen molar-refractivity contribution in [3.05, 3.63) is 57.2 Å². The van der Waals surface area contributed by atoms with Crippen LogP contribution in [0.3, 0.4) is 0 Å². The summed E-state index contributed by atoms with van der Waals surface area (Å²) < 4.78 is 0. The Balaban J connectivity index is 0.00000220. The zero-order valence-corrected chi connectivity index (χ0v) is 14.0. The topological polar surface area (TPSA) is 41.1 Å². The number of rotatable bonds is 6. The second-order valence-corrected chi connectivity index (χ2v) is 5.68. The number of halogens is 2. The molecule has 1 aromatic heterocycles. The molecule has 1 aromatic carbocycles. The van der Waals surface area contributed by atoms with E-state index in [1.54, 1.807) is 11.3 Å². The molecule has 1 unspecified atom stereocenters. The van der Waals surface area contributed by atoms with Gasteiger partial charge < -0.3 is 10.6 Å². The van der Waals surface area contributed by atoms with Crippen LogP contribution in [0.4, 0.5) is 0 Å². The summed E-state index contributed by atoms with van der Waals surface area (Å²) in [5, 5.41) is 10.8. The van der Waals surface area contributed by atoms with Crippen molar-refractivity contribution in [2.75, 3.05) is 13.6 Å². The Kier molecular flexibility index (Phi) is 7.75. The van der Waals surface area contributed by atoms with Crippen molar-refractivity contribution in [1.82, 2.24) is 10.6 Å². The van der Waals surface area contributed by atoms with Crippen molar-refractivity contribution >= 4 is 41.3 Å². The molecule has 0 aliphatic carbocycles. The van der Waals surface area contributed by atoms with E-state index in [0.29, 0.717) is 18.0 Å². The largest absolute Gasteiger partial charge is 0.345 e. The number of carbonyl (C=O) groups excluding carboxylic acids is 1. The quantitative estimate of drug-likeness (QED) is 0.839. The molecule has 1 atom stereocenters. The lowest BCUT2D eigenvalue weighted by atomic mass is 10.0. The minimum Gasteiger partial charge on any atom is -0.345 e. The molecule has 6 heteroatoms. The fourth-order valence-electron chi connectivity index (χ4n) is 1.93. The van der Waals surface area contributed by atoms with Gasteiger partial charge in [-0.25, -0.2) is 0 Å². The fourth-order valence-corrected chi connectivity index (χ4v) is 2.74. The lowest BCUT2D eigenvalue weighted by molar-refractivity contribution is -0.121. The number of nitrogens with one attached hydrogen (secondary N) is 2. The van der Waals surface area contributed by atoms with E-state index < -0.39 is 0 Å². The molecule has 0 saturated heterocycles. The Hall–Kier alpha value is -1.07. The first-order valence-corrected chi connectivity index (χ1v) is 7.74. The van der Waals surface area contributed by atoms with Crippen LogP contribution >= 0.6 is 35.3 Å². The lowest BCUT2D eigenvalue weighted by Crippen LogP contribution is -2.31. The molecule has 2 rings (SSSR count). The molecule has 0 aliphatic rings. The molecule has 0 aliphatic heterocycles. The molecule has 114 valence electrons. The zero-order chi connectivity index (χ0) is 14.4. The van der Waals surface area contributed by atoms with Crippen LogP contribution in [0.1, 0.15) is 23.6 Å². The van der Waals surface area contributed by atoms with Crippen LogP contribution in [0, 0.1) is 0 Å². The first-order valence-electron chi connectivity index (χ1n) is 6.42. The first kappa shape index (κ1) is 18.0. The van der Waals surface area contributed by atoms with Gasteiger partial charge in [0.2, 0.25) is 5.91 Å². The highest BCUT2D eigenvalue weighted by atomic mass is 35.5. The van der Waals surface area contributed by atoms with Crippen LogP contribution in [0.15, 0.2) is 41.1 Å². The predicted octanol–water partition coefficient (Wildman–Crippen LogP) is 3.64. The highest BCUT2D eigenvalue weighted by Gasteiger charge is 2.16. The summed E-state index contributed by atoms with van der Waals surface area (Å²) in [5.74, 6) is 0.0329. The van der Waals surface area contributed by atoms with Crippen molar-refractivity contribution in [2.45, 2.75) is 12.5 Å². The first-order chi connectivity index (χ1) is 9.70. The van der Waals surface area contributed by atoms with Crippen molar-refractivity contribution in [1.29, 1.82) is 0 Å². The molecule has 21 heavy (non-hydrogen) atoms. The molecule has 0 fully saturated rings. The Labute approximate surface area is 140 Å². The number of hydrogen-bond donors (Lipinski definition) is 2. The molecule has 0 bridgehead atoms. The van der Waals surface area contributed by atoms with Gasteiger partial charge in [0.25, 0.3) is 0 Å². The van der Waals surface area contributed by atoms with Crippen molar-refractivity contribution in [3.8, 4) is 0 Å². The van der Waals surface area contributed by atoms with E-state index in [2.05, 4.69) is 16.0 Å². The van der Waals surface area contributed by atoms with E-state index in [1.807, 2.05) is 42.8 Å². The van der Waals surface area contributed by atoms with Gasteiger partial charge >= 0.3 is 0 Å². The maximum absolute atomic E-state index is 12.0. The van der Waals surface area contributed by atoms with Crippen LogP contribution in [0.2, 0.25) is 5.02 Å². The van der Waals surface area contributed by atoms with Gasteiger partial charge in [-0.05, 0) is 47.1 Å². The third-order valence-electron chi connectivity index (χ3n) is 2.99. The van der Waals surface area contributed by atoms with Crippen molar-refractivity contribution in [2.24, 2.45) is 0 Å². The van der Waals surface area contributed by atoms with Crippen LogP contribution in [0.5, 0.6) is 0 Å². The van der Waals surface area contributed by atoms with Crippen LogP contribution in [0.25, 0.3) is 0 Å². The minimum atomic E-state index is -0.122. The molecular weight excluding hydrogens is 327 g/mol. The van der Waals surface area contributed by atoms with Gasteiger partial charge in [0.05, 0.1) is 6.04 Å². The van der Waals surface area contributed by atoms with Gasteiger partial charge in [-0.1, -0.05) is 23.7 Å². The van der Waals surface area contributed by atoms with Gasteiger partial charge in [0.15, 0.2) is 0 Å². The summed E-state index contributed by atoms with van der Waals surface area (Å²) in [6.07, 6.45) is 0.463. The van der Waals surface area contributed by atoms with Crippen LogP contribution in [-0.4, -0.2) is 19.5 Å². The van der Waals surface area contributed by atoms with E-state index >= 15 is 0 Å². The Morgan fingerprint density at radius 3 is 2.52 bits per heavy atom. The highest BCUT2D eigenvalue weighted by molar-refractivity contribution is 7.08. The van der Waals surface area contributed by atoms with Gasteiger partial charge in [-0.2, -0.15) is 11.3 Å². The number of hydrogen-bond acceptors (Lipinski definition) is 3. The van der Waals surface area contributed by atoms with E-state index in [9.17, 15) is 4.79 Å². The summed E-state index contributed by atoms with van der Waals surface area (Å²) in [6, 6.07) is 9.49. The van der Waals surface area contributed by atoms with Crippen LogP contribution < -0.4 is 10.6 Å². The Morgan fingerprint density at radius 2 is 1.95 bits per heavy atom.